The van der Waals surface area contributed by atoms with E-state index in [0.717, 1.165) is 65.9 Å². The number of aromatic nitrogens is 3. The van der Waals surface area contributed by atoms with Crippen LogP contribution in [-0.2, 0) is 0 Å². The third-order valence-corrected chi connectivity index (χ3v) is 5.44. The van der Waals surface area contributed by atoms with Crippen molar-refractivity contribution in [2.75, 3.05) is 36.4 Å². The van der Waals surface area contributed by atoms with E-state index >= 15 is 0 Å². The molecule has 0 aliphatic carbocycles. The molecule has 7 nitrogen and oxygen atoms in total. The number of anilines is 3. The summed E-state index contributed by atoms with van der Waals surface area (Å²) in [5.41, 5.74) is 5.18. The highest BCUT2D eigenvalue weighted by Gasteiger charge is 2.24. The molecule has 1 fully saturated rings. The summed E-state index contributed by atoms with van der Waals surface area (Å²) in [6, 6.07) is 9.82. The molecule has 0 amide bonds. The second kappa shape index (κ2) is 6.92. The van der Waals surface area contributed by atoms with Crippen LogP contribution in [0.15, 0.2) is 41.5 Å². The van der Waals surface area contributed by atoms with Gasteiger partial charge in [0.1, 0.15) is 11.5 Å². The summed E-state index contributed by atoms with van der Waals surface area (Å²) in [6.07, 6.45) is 1.88. The van der Waals surface area contributed by atoms with Crippen molar-refractivity contribution in [3.05, 3.63) is 58.4 Å². The third-order valence-electron chi connectivity index (χ3n) is 5.11. The van der Waals surface area contributed by atoms with E-state index in [2.05, 4.69) is 31.8 Å². The highest BCUT2D eigenvalue weighted by molar-refractivity contribution is 6.36. The maximum Gasteiger partial charge on any atom is 0.178 e. The molecule has 3 N–H and O–H groups in total. The van der Waals surface area contributed by atoms with Crippen molar-refractivity contribution >= 4 is 40.3 Å². The first kappa shape index (κ1) is 17.2. The zero-order valence-electron chi connectivity index (χ0n) is 15.5. The molecular formula is C20H20ClN7. The van der Waals surface area contributed by atoms with Gasteiger partial charge in [0.25, 0.3) is 0 Å². The van der Waals surface area contributed by atoms with Crippen LogP contribution in [0.5, 0.6) is 0 Å². The number of halogens is 1. The van der Waals surface area contributed by atoms with Crippen LogP contribution in [0.1, 0.15) is 16.8 Å². The topological polar surface area (TPSA) is 81.2 Å². The molecule has 2 aromatic heterocycles. The molecule has 0 unspecified atom stereocenters. The van der Waals surface area contributed by atoms with Crippen molar-refractivity contribution in [3.8, 4) is 0 Å². The number of H-pyrrole nitrogens is 1. The first-order valence-corrected chi connectivity index (χ1v) is 9.70. The minimum atomic E-state index is 0.656. The SMILES string of the molecule is Cc1[nH]nc2c1N=C(c1ccccc1Cl)c1cnc(N3CCNCC3)cc1N2. The van der Waals surface area contributed by atoms with E-state index in [1.165, 1.54) is 0 Å². The number of nitrogens with zero attached hydrogens (tertiary/aromatic N) is 4. The number of fused-ring (bicyclic) bond motifs is 2. The number of hydrogen-bond acceptors (Lipinski definition) is 6. The van der Waals surface area contributed by atoms with Crippen LogP contribution in [0.2, 0.25) is 5.02 Å². The fourth-order valence-electron chi connectivity index (χ4n) is 3.61. The van der Waals surface area contributed by atoms with Gasteiger partial charge in [-0.15, -0.1) is 0 Å². The van der Waals surface area contributed by atoms with Gasteiger partial charge in [-0.3, -0.25) is 5.10 Å². The molecular weight excluding hydrogens is 374 g/mol. The van der Waals surface area contributed by atoms with Crippen molar-refractivity contribution in [1.29, 1.82) is 0 Å². The third kappa shape index (κ3) is 2.93. The molecule has 0 atom stereocenters. The molecule has 142 valence electrons. The van der Waals surface area contributed by atoms with Gasteiger partial charge in [-0.05, 0) is 13.0 Å². The number of rotatable bonds is 2. The van der Waals surface area contributed by atoms with Gasteiger partial charge in [0.05, 0.1) is 17.1 Å². The summed E-state index contributed by atoms with van der Waals surface area (Å²) in [6.45, 7) is 5.75. The summed E-state index contributed by atoms with van der Waals surface area (Å²) in [5, 5.41) is 14.9. The van der Waals surface area contributed by atoms with E-state index in [1.54, 1.807) is 0 Å². The average molecular weight is 394 g/mol. The second-order valence-corrected chi connectivity index (χ2v) is 7.34. The molecule has 0 bridgehead atoms. The van der Waals surface area contributed by atoms with Gasteiger partial charge < -0.3 is 15.5 Å². The molecule has 0 saturated carbocycles. The number of aryl methyl sites for hydroxylation is 1. The molecule has 2 aliphatic rings. The smallest absolute Gasteiger partial charge is 0.178 e. The Bertz CT molecular complexity index is 1070. The molecule has 0 radical (unpaired) electrons. The molecule has 5 rings (SSSR count). The summed E-state index contributed by atoms with van der Waals surface area (Å²) in [7, 11) is 0. The Balaban J connectivity index is 1.68. The van der Waals surface area contributed by atoms with E-state index in [9.17, 15) is 0 Å². The molecule has 0 spiro atoms. The summed E-state index contributed by atoms with van der Waals surface area (Å²) in [5.74, 6) is 1.65. The van der Waals surface area contributed by atoms with Crippen molar-refractivity contribution in [1.82, 2.24) is 20.5 Å². The lowest BCUT2D eigenvalue weighted by molar-refractivity contribution is 0.585. The minimum absolute atomic E-state index is 0.656. The van der Waals surface area contributed by atoms with Gasteiger partial charge in [-0.1, -0.05) is 29.8 Å². The Labute approximate surface area is 167 Å². The predicted molar refractivity (Wildman–Crippen MR) is 113 cm³/mol. The van der Waals surface area contributed by atoms with Crippen molar-refractivity contribution in [2.45, 2.75) is 6.92 Å². The molecule has 4 heterocycles. The van der Waals surface area contributed by atoms with E-state index < -0.39 is 0 Å². The Hall–Kier alpha value is -2.90. The standard InChI is InChI=1S/C20H20ClN7/c1-12-18-20(27-26-12)24-16-10-17(28-8-6-22-7-9-28)23-11-14(16)19(25-18)13-4-2-3-5-15(13)21/h2-5,10-11,22H,6-9H2,1H3,(H2,24,26,27). The highest BCUT2D eigenvalue weighted by atomic mass is 35.5. The fourth-order valence-corrected chi connectivity index (χ4v) is 3.83. The van der Waals surface area contributed by atoms with Gasteiger partial charge in [0.2, 0.25) is 0 Å². The highest BCUT2D eigenvalue weighted by Crippen LogP contribution is 2.38. The van der Waals surface area contributed by atoms with E-state index in [4.69, 9.17) is 21.6 Å². The van der Waals surface area contributed by atoms with E-state index in [-0.39, 0.29) is 0 Å². The van der Waals surface area contributed by atoms with Crippen molar-refractivity contribution < 1.29 is 0 Å². The van der Waals surface area contributed by atoms with Crippen LogP contribution in [0.3, 0.4) is 0 Å². The monoisotopic (exact) mass is 393 g/mol. The molecule has 3 aromatic rings. The fraction of sp³-hybridized carbons (Fsp3) is 0.250. The van der Waals surface area contributed by atoms with Gasteiger partial charge in [0, 0.05) is 54.6 Å². The molecule has 2 aliphatic heterocycles. The summed E-state index contributed by atoms with van der Waals surface area (Å²) >= 11 is 6.51. The Morgan fingerprint density at radius 1 is 1.11 bits per heavy atom. The van der Waals surface area contributed by atoms with Crippen LogP contribution in [0, 0.1) is 6.92 Å². The van der Waals surface area contributed by atoms with Gasteiger partial charge in [0.15, 0.2) is 5.82 Å². The Morgan fingerprint density at radius 2 is 1.93 bits per heavy atom. The maximum absolute atomic E-state index is 6.51. The van der Waals surface area contributed by atoms with Crippen molar-refractivity contribution in [2.24, 2.45) is 4.99 Å². The minimum Gasteiger partial charge on any atom is -0.354 e. The molecule has 1 saturated heterocycles. The number of piperazine rings is 1. The van der Waals surface area contributed by atoms with E-state index in [1.807, 2.05) is 37.4 Å². The van der Waals surface area contributed by atoms with Crippen LogP contribution >= 0.6 is 11.6 Å². The van der Waals surface area contributed by atoms with Crippen LogP contribution in [0.4, 0.5) is 23.0 Å². The van der Waals surface area contributed by atoms with Crippen LogP contribution in [-0.4, -0.2) is 47.1 Å². The van der Waals surface area contributed by atoms with E-state index in [0.29, 0.717) is 10.8 Å². The average Bonchev–Trinajstić information content (AvgIpc) is 2.98. The van der Waals surface area contributed by atoms with Gasteiger partial charge >= 0.3 is 0 Å². The van der Waals surface area contributed by atoms with Crippen LogP contribution in [0.25, 0.3) is 0 Å². The lowest BCUT2D eigenvalue weighted by Gasteiger charge is -2.29. The quantitative estimate of drug-likeness (QED) is 0.486. The normalized spacial score (nSPS) is 15.9. The molecule has 28 heavy (non-hydrogen) atoms. The molecule has 1 aromatic carbocycles. The number of aromatic amines is 1. The Morgan fingerprint density at radius 3 is 2.75 bits per heavy atom. The zero-order chi connectivity index (χ0) is 19.1. The zero-order valence-corrected chi connectivity index (χ0v) is 16.2. The maximum atomic E-state index is 6.51. The lowest BCUT2D eigenvalue weighted by atomic mass is 10.0. The van der Waals surface area contributed by atoms with Gasteiger partial charge in [-0.25, -0.2) is 9.98 Å². The number of hydrogen-bond donors (Lipinski definition) is 3. The Kier molecular flexibility index (Phi) is 4.26. The number of aliphatic imine (C=N–C) groups is 1. The first-order chi connectivity index (χ1) is 13.7. The second-order valence-electron chi connectivity index (χ2n) is 6.94. The van der Waals surface area contributed by atoms with Gasteiger partial charge in [-0.2, -0.15) is 5.10 Å². The lowest BCUT2D eigenvalue weighted by Crippen LogP contribution is -2.43. The first-order valence-electron chi connectivity index (χ1n) is 9.32. The number of pyridine rings is 1. The predicted octanol–water partition coefficient (Wildman–Crippen LogP) is 3.40. The van der Waals surface area contributed by atoms with Crippen LogP contribution < -0.4 is 15.5 Å². The summed E-state index contributed by atoms with van der Waals surface area (Å²) < 4.78 is 0. The largest absolute Gasteiger partial charge is 0.354 e. The van der Waals surface area contributed by atoms with Crippen molar-refractivity contribution in [3.63, 3.8) is 0 Å². The number of nitrogens with one attached hydrogen (secondary N) is 3. The molecule has 8 heteroatoms. The number of benzene rings is 1. The summed E-state index contributed by atoms with van der Waals surface area (Å²) in [4.78, 5) is 11.9.